The Bertz CT molecular complexity index is 2910. The number of hydrogen-bond acceptors (Lipinski definition) is 13. The van der Waals surface area contributed by atoms with Crippen molar-refractivity contribution in [3.8, 4) is 23.1 Å². The van der Waals surface area contributed by atoms with Crippen LogP contribution < -0.4 is 26.3 Å². The summed E-state index contributed by atoms with van der Waals surface area (Å²) in [7, 11) is 0.811. The summed E-state index contributed by atoms with van der Waals surface area (Å²) >= 11 is 0. The van der Waals surface area contributed by atoms with E-state index in [1.54, 1.807) is 12.4 Å². The maximum atomic E-state index is 16.0. The van der Waals surface area contributed by atoms with Crippen LogP contribution in [0.1, 0.15) is 56.4 Å². The van der Waals surface area contributed by atoms with Gasteiger partial charge in [-0.15, -0.1) is 0 Å². The molecule has 3 fully saturated rings. The van der Waals surface area contributed by atoms with E-state index >= 15 is 8.78 Å². The molecule has 6 atom stereocenters. The second-order valence-corrected chi connectivity index (χ2v) is 20.7. The van der Waals surface area contributed by atoms with Gasteiger partial charge >= 0.3 is 24.5 Å². The zero-order valence-corrected chi connectivity index (χ0v) is 43.5. The van der Waals surface area contributed by atoms with Crippen LogP contribution in [0.15, 0.2) is 61.1 Å². The van der Waals surface area contributed by atoms with Gasteiger partial charge in [0.1, 0.15) is 30.3 Å². The molecular formula is C51H57F10N11O8. The van der Waals surface area contributed by atoms with Crippen molar-refractivity contribution in [2.75, 3.05) is 44.9 Å². The van der Waals surface area contributed by atoms with E-state index in [0.717, 1.165) is 50.7 Å². The standard InChI is InChI=1S/C51H57F10N11O8/c1-48(2,50(56,57)58)41(66-47(78)79-5)43(74)64-38(14-28-9-6-27(7-10-28)8-11-29-18-62-45(63-19-29)72-21-31-17-32(72)20-71(31)33-25-80-26-33)39(73)23-70(68-44(75)42(65-46(76)77)49(3,4)51(59,60)61)22-34-35(52)15-30(16-36(34)53)37-12-13-69(67-37)24-40(54)55/h6-7,9-10,12-13,15-16,18-19,31-33,38-42,65,73H,14,17,20-26H2,1-5H3,(H,64,74)(H,66,78)(H,68,75)(H,76,77)/t31-,32-,38+,39+,41-,42-/m1/s1. The van der Waals surface area contributed by atoms with Crippen LogP contribution in [-0.4, -0.2) is 165 Å². The Hall–Kier alpha value is -7.29. The maximum Gasteiger partial charge on any atom is 0.407 e. The predicted molar refractivity (Wildman–Crippen MR) is 263 cm³/mol. The van der Waals surface area contributed by atoms with Crippen molar-refractivity contribution in [1.29, 1.82) is 0 Å². The quantitative estimate of drug-likeness (QED) is 0.0370. The average Bonchev–Trinajstić information content (AvgIpc) is 4.11. The number of hydrogen-bond donors (Lipinski definition) is 6. The van der Waals surface area contributed by atoms with Gasteiger partial charge < -0.3 is 40.5 Å². The monoisotopic (exact) mass is 1140 g/mol. The van der Waals surface area contributed by atoms with Gasteiger partial charge in [-0.25, -0.2) is 42.1 Å². The Morgan fingerprint density at radius 2 is 1.43 bits per heavy atom. The second-order valence-electron chi connectivity index (χ2n) is 20.7. The van der Waals surface area contributed by atoms with Crippen LogP contribution in [0.4, 0.5) is 59.4 Å². The lowest BCUT2D eigenvalue weighted by atomic mass is 9.82. The van der Waals surface area contributed by atoms with Gasteiger partial charge in [-0.05, 0) is 76.4 Å². The summed E-state index contributed by atoms with van der Waals surface area (Å²) in [5.41, 5.74) is -4.52. The molecule has 0 saturated carbocycles. The van der Waals surface area contributed by atoms with Gasteiger partial charge in [0.25, 0.3) is 12.3 Å². The SMILES string of the molecule is COC(=O)N[C@H](C(=O)N[C@@H](Cc1ccc(C#Cc2cnc(N3C[C@H]4C[C@@H]3CN4C3COC3)nc2)cc1)[C@@H](O)CN(Cc1c(F)cc(-c2ccn(CC(F)F)n2)cc1F)NC(=O)[C@@H](NC(=O)O)C(C)(C)C(F)(F)F)C(C)(C)C(F)(F)F. The molecule has 4 amide bonds. The summed E-state index contributed by atoms with van der Waals surface area (Å²) in [6, 6.07) is 2.66. The molecule has 434 valence electrons. The molecular weight excluding hydrogens is 1080 g/mol. The number of likely N-dealkylation sites (tertiary alicyclic amines) is 1. The van der Waals surface area contributed by atoms with Crippen LogP contribution in [0.5, 0.6) is 0 Å². The van der Waals surface area contributed by atoms with Gasteiger partial charge in [0.2, 0.25) is 11.9 Å². The molecule has 19 nitrogen and oxygen atoms in total. The Labute approximate surface area is 451 Å². The molecule has 3 aliphatic rings. The molecule has 3 saturated heterocycles. The van der Waals surface area contributed by atoms with E-state index in [4.69, 9.17) is 4.74 Å². The second kappa shape index (κ2) is 24.2. The minimum atomic E-state index is -5.28. The molecule has 2 bridgehead atoms. The maximum absolute atomic E-state index is 16.0. The molecule has 0 aliphatic carbocycles. The number of aliphatic hydroxyl groups is 1. The number of nitrogens with one attached hydrogen (secondary N) is 4. The number of methoxy groups -OCH3 is 1. The number of hydrazine groups is 1. The molecule has 0 unspecified atom stereocenters. The lowest BCUT2D eigenvalue weighted by Gasteiger charge is -2.42. The van der Waals surface area contributed by atoms with Gasteiger partial charge in [-0.1, -0.05) is 24.0 Å². The number of aromatic nitrogens is 4. The smallest absolute Gasteiger partial charge is 0.407 e. The van der Waals surface area contributed by atoms with Crippen molar-refractivity contribution in [3.05, 3.63) is 94.9 Å². The minimum absolute atomic E-state index is 0.170. The Balaban J connectivity index is 1.18. The fourth-order valence-electron chi connectivity index (χ4n) is 9.36. The molecule has 0 spiro atoms. The first kappa shape index (κ1) is 60.4. The first-order valence-corrected chi connectivity index (χ1v) is 24.8. The van der Waals surface area contributed by atoms with Gasteiger partial charge in [-0.3, -0.25) is 24.6 Å². The van der Waals surface area contributed by atoms with Gasteiger partial charge in [0, 0.05) is 73.5 Å². The third-order valence-electron chi connectivity index (χ3n) is 14.4. The first-order valence-electron chi connectivity index (χ1n) is 24.8. The number of carbonyl (C=O) groups excluding carboxylic acids is 3. The summed E-state index contributed by atoms with van der Waals surface area (Å²) in [4.78, 5) is 65.8. The van der Waals surface area contributed by atoms with Gasteiger partial charge in [-0.2, -0.15) is 31.4 Å². The molecule has 4 aromatic rings. The lowest BCUT2D eigenvalue weighted by molar-refractivity contribution is -0.221. The third kappa shape index (κ3) is 14.0. The van der Waals surface area contributed by atoms with Crippen molar-refractivity contribution in [3.63, 3.8) is 0 Å². The van der Waals surface area contributed by atoms with E-state index in [1.807, 2.05) is 10.7 Å². The highest BCUT2D eigenvalue weighted by atomic mass is 19.4. The molecule has 7 rings (SSSR count). The number of fused-ring (bicyclic) bond motifs is 2. The number of halogens is 10. The molecule has 5 heterocycles. The lowest BCUT2D eigenvalue weighted by Crippen LogP contribution is -2.63. The number of aliphatic hydroxyl groups excluding tert-OH is 1. The number of alkyl carbamates (subject to hydrolysis) is 1. The number of amides is 4. The Morgan fingerprint density at radius 1 is 0.825 bits per heavy atom. The number of anilines is 1. The average molecular weight is 1140 g/mol. The zero-order valence-electron chi connectivity index (χ0n) is 43.5. The fraction of sp³-hybridized carbons (Fsp3) is 0.510. The number of carbonyl (C=O) groups is 4. The van der Waals surface area contributed by atoms with Gasteiger partial charge in [0.05, 0.1) is 60.6 Å². The van der Waals surface area contributed by atoms with Crippen LogP contribution in [0.3, 0.4) is 0 Å². The normalized spacial score (nSPS) is 18.4. The highest BCUT2D eigenvalue weighted by Crippen LogP contribution is 2.42. The molecule has 3 aliphatic heterocycles. The number of alkyl halides is 8. The van der Waals surface area contributed by atoms with Crippen molar-refractivity contribution >= 4 is 29.9 Å². The molecule has 80 heavy (non-hydrogen) atoms. The number of piperazine rings is 1. The van der Waals surface area contributed by atoms with E-state index < -0.39 is 121 Å². The van der Waals surface area contributed by atoms with Crippen LogP contribution in [0, 0.1) is 34.3 Å². The van der Waals surface area contributed by atoms with E-state index in [-0.39, 0.29) is 22.9 Å². The third-order valence-corrected chi connectivity index (χ3v) is 14.4. The summed E-state index contributed by atoms with van der Waals surface area (Å²) in [6.07, 6.45) is -14.3. The molecule has 6 N–H and O–H groups in total. The number of ether oxygens (including phenoxy) is 2. The van der Waals surface area contributed by atoms with E-state index in [2.05, 4.69) is 46.8 Å². The van der Waals surface area contributed by atoms with Crippen molar-refractivity contribution in [2.24, 2.45) is 10.8 Å². The molecule has 0 radical (unpaired) electrons. The van der Waals surface area contributed by atoms with Crippen molar-refractivity contribution in [2.45, 2.75) is 115 Å². The first-order chi connectivity index (χ1) is 37.4. The zero-order chi connectivity index (χ0) is 58.6. The topological polar surface area (TPSA) is 229 Å². The number of rotatable bonds is 20. The molecule has 2 aromatic heterocycles. The Kier molecular flexibility index (Phi) is 18.3. The van der Waals surface area contributed by atoms with E-state index in [1.165, 1.54) is 35.6 Å². The van der Waals surface area contributed by atoms with Crippen molar-refractivity contribution < 1.29 is 82.8 Å². The minimum Gasteiger partial charge on any atom is -0.465 e. The summed E-state index contributed by atoms with van der Waals surface area (Å²) in [5.74, 6) is 0.343. The van der Waals surface area contributed by atoms with Crippen LogP contribution in [0.2, 0.25) is 0 Å². The van der Waals surface area contributed by atoms with Crippen molar-refractivity contribution in [1.82, 2.24) is 51.0 Å². The van der Waals surface area contributed by atoms with Crippen LogP contribution in [0.25, 0.3) is 11.3 Å². The number of benzene rings is 2. The summed E-state index contributed by atoms with van der Waals surface area (Å²) in [5, 5.41) is 31.4. The van der Waals surface area contributed by atoms with E-state index in [0.29, 0.717) is 74.0 Å². The van der Waals surface area contributed by atoms with E-state index in [9.17, 15) is 64.5 Å². The van der Waals surface area contributed by atoms with Crippen LogP contribution in [-0.2, 0) is 38.6 Å². The fourth-order valence-corrected chi connectivity index (χ4v) is 9.36. The summed E-state index contributed by atoms with van der Waals surface area (Å²) < 4.78 is 156. The highest BCUT2D eigenvalue weighted by molar-refractivity contribution is 5.87. The van der Waals surface area contributed by atoms with Gasteiger partial charge in [0.15, 0.2) is 0 Å². The summed E-state index contributed by atoms with van der Waals surface area (Å²) in [6.45, 7) is 2.05. The Morgan fingerprint density at radius 3 is 1.95 bits per heavy atom. The van der Waals surface area contributed by atoms with Crippen LogP contribution >= 0.6 is 0 Å². The number of nitrogens with zero attached hydrogens (tertiary/aromatic N) is 7. The molecule has 29 heteroatoms. The molecule has 2 aromatic carbocycles. The largest absolute Gasteiger partial charge is 0.465 e. The highest BCUT2D eigenvalue weighted by Gasteiger charge is 2.57. The number of carboxylic acid groups (broad SMARTS) is 1. The predicted octanol–water partition coefficient (Wildman–Crippen LogP) is 5.40.